The van der Waals surface area contributed by atoms with Crippen molar-refractivity contribution < 1.29 is 0 Å². The predicted octanol–water partition coefficient (Wildman–Crippen LogP) is 4.21. The molecule has 0 bridgehead atoms. The Morgan fingerprint density at radius 1 is 1.28 bits per heavy atom. The van der Waals surface area contributed by atoms with Crippen molar-refractivity contribution >= 4 is 21.6 Å². The Balaban J connectivity index is 2.94. The first-order valence-corrected chi connectivity index (χ1v) is 7.50. The highest BCUT2D eigenvalue weighted by Crippen LogP contribution is 2.28. The van der Waals surface area contributed by atoms with Crippen LogP contribution in [0.15, 0.2) is 22.7 Å². The molecule has 18 heavy (non-hydrogen) atoms. The molecule has 1 N–H and O–H groups in total. The van der Waals surface area contributed by atoms with Crippen LogP contribution in [-0.4, -0.2) is 20.1 Å². The summed E-state index contributed by atoms with van der Waals surface area (Å²) in [6.45, 7) is 11.0. The third-order valence-corrected chi connectivity index (χ3v) is 3.90. The fourth-order valence-electron chi connectivity index (χ4n) is 2.08. The number of anilines is 1. The summed E-state index contributed by atoms with van der Waals surface area (Å²) < 4.78 is 1.18. The van der Waals surface area contributed by atoms with Gasteiger partial charge in [-0.1, -0.05) is 35.8 Å². The maximum atomic E-state index is 3.69. The van der Waals surface area contributed by atoms with Crippen LogP contribution in [0.3, 0.4) is 0 Å². The van der Waals surface area contributed by atoms with E-state index in [0.29, 0.717) is 12.0 Å². The number of hydrogen-bond acceptors (Lipinski definition) is 2. The first-order valence-electron chi connectivity index (χ1n) is 6.71. The summed E-state index contributed by atoms with van der Waals surface area (Å²) in [7, 11) is 1.99. The number of rotatable bonds is 6. The lowest BCUT2D eigenvalue weighted by Crippen LogP contribution is -2.27. The van der Waals surface area contributed by atoms with Gasteiger partial charge < -0.3 is 10.2 Å². The molecule has 0 radical (unpaired) electrons. The van der Waals surface area contributed by atoms with Crippen LogP contribution < -0.4 is 10.2 Å². The van der Waals surface area contributed by atoms with Gasteiger partial charge in [-0.2, -0.15) is 0 Å². The molecule has 1 aromatic rings. The molecule has 1 aromatic carbocycles. The first-order chi connectivity index (χ1) is 8.49. The van der Waals surface area contributed by atoms with E-state index >= 15 is 0 Å². The smallest absolute Gasteiger partial charge is 0.0377 e. The standard InChI is InChI=1S/C15H25BrN2/c1-6-18(10-11(2)3)13-7-8-14(12(4)17-5)15(16)9-13/h7-9,11-12,17H,6,10H2,1-5H3. The fourth-order valence-corrected chi connectivity index (χ4v) is 2.79. The molecule has 1 atom stereocenters. The minimum absolute atomic E-state index is 0.369. The Hall–Kier alpha value is -0.540. The highest BCUT2D eigenvalue weighted by molar-refractivity contribution is 9.10. The Kier molecular flexibility index (Phi) is 6.16. The molecule has 3 heteroatoms. The molecule has 0 fully saturated rings. The second-order valence-corrected chi connectivity index (χ2v) is 6.00. The van der Waals surface area contributed by atoms with Crippen LogP contribution in [0.2, 0.25) is 0 Å². The van der Waals surface area contributed by atoms with Crippen molar-refractivity contribution in [2.24, 2.45) is 5.92 Å². The van der Waals surface area contributed by atoms with E-state index in [4.69, 9.17) is 0 Å². The molecule has 0 aromatic heterocycles. The van der Waals surface area contributed by atoms with Gasteiger partial charge in [0.1, 0.15) is 0 Å². The van der Waals surface area contributed by atoms with Crippen molar-refractivity contribution in [2.75, 3.05) is 25.0 Å². The summed E-state index contributed by atoms with van der Waals surface area (Å²) in [6, 6.07) is 7.03. The monoisotopic (exact) mass is 312 g/mol. The molecule has 0 heterocycles. The molecule has 0 aliphatic rings. The van der Waals surface area contributed by atoms with E-state index in [1.807, 2.05) is 7.05 Å². The molecule has 0 aliphatic carbocycles. The van der Waals surface area contributed by atoms with E-state index in [-0.39, 0.29) is 0 Å². The number of halogens is 1. The summed E-state index contributed by atoms with van der Waals surface area (Å²) in [5.41, 5.74) is 2.60. The van der Waals surface area contributed by atoms with Crippen LogP contribution >= 0.6 is 15.9 Å². The lowest BCUT2D eigenvalue weighted by atomic mass is 10.1. The van der Waals surface area contributed by atoms with E-state index in [2.05, 4.69) is 72.0 Å². The molecule has 0 amide bonds. The third-order valence-electron chi connectivity index (χ3n) is 3.22. The predicted molar refractivity (Wildman–Crippen MR) is 84.3 cm³/mol. The van der Waals surface area contributed by atoms with E-state index < -0.39 is 0 Å². The van der Waals surface area contributed by atoms with E-state index in [0.717, 1.165) is 13.1 Å². The SMILES string of the molecule is CCN(CC(C)C)c1ccc(C(C)NC)c(Br)c1. The minimum Gasteiger partial charge on any atom is -0.372 e. The van der Waals surface area contributed by atoms with Gasteiger partial charge >= 0.3 is 0 Å². The van der Waals surface area contributed by atoms with Crippen molar-refractivity contribution in [3.8, 4) is 0 Å². The molecule has 1 unspecified atom stereocenters. The summed E-state index contributed by atoms with van der Waals surface area (Å²) in [6.07, 6.45) is 0. The fraction of sp³-hybridized carbons (Fsp3) is 0.600. The van der Waals surface area contributed by atoms with Crippen molar-refractivity contribution in [2.45, 2.75) is 33.7 Å². The molecule has 0 spiro atoms. The van der Waals surface area contributed by atoms with Gasteiger partial charge in [0.15, 0.2) is 0 Å². The zero-order chi connectivity index (χ0) is 13.7. The quantitative estimate of drug-likeness (QED) is 0.846. The minimum atomic E-state index is 0.369. The molecule has 2 nitrogen and oxygen atoms in total. The van der Waals surface area contributed by atoms with Crippen LogP contribution in [0.5, 0.6) is 0 Å². The molecule has 0 aliphatic heterocycles. The van der Waals surface area contributed by atoms with Crippen molar-refractivity contribution in [3.05, 3.63) is 28.2 Å². The topological polar surface area (TPSA) is 15.3 Å². The maximum absolute atomic E-state index is 3.69. The van der Waals surface area contributed by atoms with Crippen LogP contribution in [-0.2, 0) is 0 Å². The number of nitrogens with zero attached hydrogens (tertiary/aromatic N) is 1. The second-order valence-electron chi connectivity index (χ2n) is 5.15. The summed E-state index contributed by atoms with van der Waals surface area (Å²) in [5, 5.41) is 3.27. The average molecular weight is 313 g/mol. The van der Waals surface area contributed by atoms with Gasteiger partial charge in [0.25, 0.3) is 0 Å². The number of hydrogen-bond donors (Lipinski definition) is 1. The van der Waals surface area contributed by atoms with E-state index in [1.165, 1.54) is 15.7 Å². The van der Waals surface area contributed by atoms with Gasteiger partial charge in [-0.15, -0.1) is 0 Å². The zero-order valence-corrected chi connectivity index (χ0v) is 13.7. The van der Waals surface area contributed by atoms with Crippen LogP contribution in [0.1, 0.15) is 39.3 Å². The first kappa shape index (κ1) is 15.5. The van der Waals surface area contributed by atoms with Gasteiger partial charge in [0.05, 0.1) is 0 Å². The second kappa shape index (κ2) is 7.15. The summed E-state index contributed by atoms with van der Waals surface area (Å²) in [5.74, 6) is 0.680. The zero-order valence-electron chi connectivity index (χ0n) is 12.1. The van der Waals surface area contributed by atoms with Gasteiger partial charge in [-0.05, 0) is 44.5 Å². The Bertz CT molecular complexity index is 377. The Morgan fingerprint density at radius 2 is 1.94 bits per heavy atom. The van der Waals surface area contributed by atoms with Crippen LogP contribution in [0, 0.1) is 5.92 Å². The van der Waals surface area contributed by atoms with Crippen molar-refractivity contribution in [3.63, 3.8) is 0 Å². The van der Waals surface area contributed by atoms with Crippen LogP contribution in [0.4, 0.5) is 5.69 Å². The highest BCUT2D eigenvalue weighted by atomic mass is 79.9. The molecular formula is C15H25BrN2. The van der Waals surface area contributed by atoms with E-state index in [9.17, 15) is 0 Å². The molecule has 102 valence electrons. The number of benzene rings is 1. The average Bonchev–Trinajstić information content (AvgIpc) is 2.34. The maximum Gasteiger partial charge on any atom is 0.0377 e. The van der Waals surface area contributed by atoms with Crippen molar-refractivity contribution in [1.29, 1.82) is 0 Å². The molecule has 1 rings (SSSR count). The van der Waals surface area contributed by atoms with Gasteiger partial charge in [-0.3, -0.25) is 0 Å². The highest BCUT2D eigenvalue weighted by Gasteiger charge is 2.11. The van der Waals surface area contributed by atoms with Crippen molar-refractivity contribution in [1.82, 2.24) is 5.32 Å². The molecular weight excluding hydrogens is 288 g/mol. The van der Waals surface area contributed by atoms with Gasteiger partial charge in [0, 0.05) is 29.3 Å². The van der Waals surface area contributed by atoms with Crippen LogP contribution in [0.25, 0.3) is 0 Å². The van der Waals surface area contributed by atoms with Gasteiger partial charge in [-0.25, -0.2) is 0 Å². The summed E-state index contributed by atoms with van der Waals surface area (Å²) in [4.78, 5) is 2.42. The Morgan fingerprint density at radius 3 is 2.39 bits per heavy atom. The lowest BCUT2D eigenvalue weighted by molar-refractivity contribution is 0.618. The number of nitrogens with one attached hydrogen (secondary N) is 1. The summed E-state index contributed by atoms with van der Waals surface area (Å²) >= 11 is 3.69. The lowest BCUT2D eigenvalue weighted by Gasteiger charge is -2.26. The van der Waals surface area contributed by atoms with Gasteiger partial charge in [0.2, 0.25) is 0 Å². The third kappa shape index (κ3) is 3.99. The Labute approximate surface area is 120 Å². The largest absolute Gasteiger partial charge is 0.372 e. The molecule has 0 saturated carbocycles. The van der Waals surface area contributed by atoms with E-state index in [1.54, 1.807) is 0 Å². The molecule has 0 saturated heterocycles. The normalized spacial score (nSPS) is 12.8.